The second-order valence-corrected chi connectivity index (χ2v) is 6.98. The number of carbonyl (C=O) groups is 2. The summed E-state index contributed by atoms with van der Waals surface area (Å²) in [4.78, 5) is 23.4. The van der Waals surface area contributed by atoms with Gasteiger partial charge in [0.15, 0.2) is 0 Å². The molecule has 0 bridgehead atoms. The zero-order valence-electron chi connectivity index (χ0n) is 9.94. The Morgan fingerprint density at radius 1 is 1.10 bits per heavy atom. The molecule has 0 unspecified atom stereocenters. The van der Waals surface area contributed by atoms with E-state index in [-0.39, 0.29) is 5.91 Å². The van der Waals surface area contributed by atoms with E-state index in [9.17, 15) is 9.59 Å². The summed E-state index contributed by atoms with van der Waals surface area (Å²) in [7, 11) is 0. The molecule has 20 heavy (non-hydrogen) atoms. The van der Waals surface area contributed by atoms with Crippen molar-refractivity contribution >= 4 is 66.5 Å². The number of benzene rings is 1. The van der Waals surface area contributed by atoms with Crippen molar-refractivity contribution < 1.29 is 9.59 Å². The molecule has 0 atom stereocenters. The van der Waals surface area contributed by atoms with Gasteiger partial charge in [-0.05, 0) is 56.1 Å². The first-order valence-corrected chi connectivity index (χ1v) is 7.78. The standard InChI is InChI=1S/C12H9Br2N3O2S/c13-8-5-9(20-10(8)14)11(18)16-6-2-1-3-7(4-6)17-12(15)19/h1-5H,(H,16,18)(H3,15,17,19). The first-order valence-electron chi connectivity index (χ1n) is 5.38. The van der Waals surface area contributed by atoms with Gasteiger partial charge in [0.05, 0.1) is 8.66 Å². The Morgan fingerprint density at radius 3 is 2.30 bits per heavy atom. The molecule has 0 aliphatic heterocycles. The highest BCUT2D eigenvalue weighted by molar-refractivity contribution is 9.13. The number of primary amides is 1. The number of nitrogens with one attached hydrogen (secondary N) is 2. The van der Waals surface area contributed by atoms with Gasteiger partial charge < -0.3 is 16.4 Å². The molecule has 8 heteroatoms. The van der Waals surface area contributed by atoms with Crippen molar-refractivity contribution in [2.75, 3.05) is 10.6 Å². The minimum atomic E-state index is -0.653. The summed E-state index contributed by atoms with van der Waals surface area (Å²) in [5.41, 5.74) is 6.13. The summed E-state index contributed by atoms with van der Waals surface area (Å²) >= 11 is 7.99. The van der Waals surface area contributed by atoms with Gasteiger partial charge in [0, 0.05) is 15.8 Å². The zero-order chi connectivity index (χ0) is 14.7. The van der Waals surface area contributed by atoms with Gasteiger partial charge in [0.25, 0.3) is 5.91 Å². The second-order valence-electron chi connectivity index (χ2n) is 3.76. The fraction of sp³-hybridized carbons (Fsp3) is 0. The molecule has 0 fully saturated rings. The number of rotatable bonds is 3. The number of nitrogens with two attached hydrogens (primary N) is 1. The van der Waals surface area contributed by atoms with Gasteiger partial charge in [-0.15, -0.1) is 11.3 Å². The Kier molecular flexibility index (Phi) is 4.79. The van der Waals surface area contributed by atoms with Crippen LogP contribution in [0.4, 0.5) is 16.2 Å². The molecule has 104 valence electrons. The molecule has 4 N–H and O–H groups in total. The van der Waals surface area contributed by atoms with Crippen LogP contribution in [0.2, 0.25) is 0 Å². The van der Waals surface area contributed by atoms with E-state index in [0.29, 0.717) is 16.3 Å². The highest BCUT2D eigenvalue weighted by Gasteiger charge is 2.12. The van der Waals surface area contributed by atoms with Crippen molar-refractivity contribution in [1.29, 1.82) is 0 Å². The van der Waals surface area contributed by atoms with E-state index in [2.05, 4.69) is 42.5 Å². The molecule has 2 aromatic rings. The first kappa shape index (κ1) is 15.0. The van der Waals surface area contributed by atoms with Crippen molar-refractivity contribution in [3.8, 4) is 0 Å². The number of anilines is 2. The minimum absolute atomic E-state index is 0.224. The van der Waals surface area contributed by atoms with E-state index in [0.717, 1.165) is 8.26 Å². The molecular formula is C12H9Br2N3O2S. The van der Waals surface area contributed by atoms with Gasteiger partial charge in [-0.1, -0.05) is 6.07 Å². The highest BCUT2D eigenvalue weighted by atomic mass is 79.9. The highest BCUT2D eigenvalue weighted by Crippen LogP contribution is 2.32. The Labute approximate surface area is 135 Å². The van der Waals surface area contributed by atoms with Crippen molar-refractivity contribution in [1.82, 2.24) is 0 Å². The topological polar surface area (TPSA) is 84.2 Å². The quantitative estimate of drug-likeness (QED) is 0.703. The predicted molar refractivity (Wildman–Crippen MR) is 87.3 cm³/mol. The lowest BCUT2D eigenvalue weighted by Crippen LogP contribution is -2.19. The molecule has 0 aliphatic carbocycles. The van der Waals surface area contributed by atoms with Crippen LogP contribution in [0, 0.1) is 0 Å². The molecule has 3 amide bonds. The van der Waals surface area contributed by atoms with Crippen molar-refractivity contribution in [3.05, 3.63) is 43.5 Å². The maximum absolute atomic E-state index is 12.1. The van der Waals surface area contributed by atoms with Gasteiger partial charge in [-0.3, -0.25) is 4.79 Å². The Morgan fingerprint density at radius 2 is 1.75 bits per heavy atom. The summed E-state index contributed by atoms with van der Waals surface area (Å²) in [6.45, 7) is 0. The number of carbonyl (C=O) groups excluding carboxylic acids is 2. The molecule has 1 aromatic carbocycles. The van der Waals surface area contributed by atoms with Crippen LogP contribution in [0.5, 0.6) is 0 Å². The molecule has 0 saturated carbocycles. The average molecular weight is 419 g/mol. The van der Waals surface area contributed by atoms with Crippen LogP contribution in [-0.2, 0) is 0 Å². The van der Waals surface area contributed by atoms with E-state index in [4.69, 9.17) is 5.73 Å². The van der Waals surface area contributed by atoms with Crippen LogP contribution in [0.3, 0.4) is 0 Å². The number of hydrogen-bond acceptors (Lipinski definition) is 3. The fourth-order valence-electron chi connectivity index (χ4n) is 1.47. The van der Waals surface area contributed by atoms with E-state index < -0.39 is 6.03 Å². The zero-order valence-corrected chi connectivity index (χ0v) is 13.9. The molecule has 0 aliphatic rings. The van der Waals surface area contributed by atoms with Crippen molar-refractivity contribution in [3.63, 3.8) is 0 Å². The lowest BCUT2D eigenvalue weighted by molar-refractivity contribution is 0.103. The predicted octanol–water partition coefficient (Wildman–Crippen LogP) is 4.02. The number of halogens is 2. The third-order valence-electron chi connectivity index (χ3n) is 2.26. The molecule has 2 rings (SSSR count). The van der Waals surface area contributed by atoms with Gasteiger partial charge >= 0.3 is 6.03 Å². The van der Waals surface area contributed by atoms with Crippen molar-refractivity contribution in [2.45, 2.75) is 0 Å². The summed E-state index contributed by atoms with van der Waals surface area (Å²) in [6, 6.07) is 7.82. The number of urea groups is 1. The molecule has 1 heterocycles. The lowest BCUT2D eigenvalue weighted by Gasteiger charge is -2.06. The average Bonchev–Trinajstić information content (AvgIpc) is 2.69. The van der Waals surface area contributed by atoms with E-state index in [1.165, 1.54) is 11.3 Å². The molecule has 0 saturated heterocycles. The minimum Gasteiger partial charge on any atom is -0.351 e. The number of thiophene rings is 1. The third kappa shape index (κ3) is 3.81. The molecular weight excluding hydrogens is 410 g/mol. The first-order chi connectivity index (χ1) is 9.45. The molecule has 0 radical (unpaired) electrons. The second kappa shape index (κ2) is 6.38. The molecule has 0 spiro atoms. The summed E-state index contributed by atoms with van der Waals surface area (Å²) in [5.74, 6) is -0.224. The SMILES string of the molecule is NC(=O)Nc1cccc(NC(=O)c2cc(Br)c(Br)s2)c1. The van der Waals surface area contributed by atoms with Gasteiger partial charge in [0.2, 0.25) is 0 Å². The van der Waals surface area contributed by atoms with E-state index in [1.54, 1.807) is 30.3 Å². The maximum atomic E-state index is 12.1. The van der Waals surface area contributed by atoms with E-state index in [1.807, 2.05) is 0 Å². The smallest absolute Gasteiger partial charge is 0.316 e. The van der Waals surface area contributed by atoms with Gasteiger partial charge in [-0.25, -0.2) is 4.79 Å². The van der Waals surface area contributed by atoms with E-state index >= 15 is 0 Å². The third-order valence-corrected chi connectivity index (χ3v) is 5.51. The van der Waals surface area contributed by atoms with Crippen LogP contribution < -0.4 is 16.4 Å². The Hall–Kier alpha value is -1.38. The largest absolute Gasteiger partial charge is 0.351 e. The van der Waals surface area contributed by atoms with Crippen LogP contribution >= 0.6 is 43.2 Å². The molecule has 5 nitrogen and oxygen atoms in total. The summed E-state index contributed by atoms with van der Waals surface area (Å²) in [6.07, 6.45) is 0. The molecule has 1 aromatic heterocycles. The fourth-order valence-corrected chi connectivity index (χ4v) is 3.40. The van der Waals surface area contributed by atoms with Crippen molar-refractivity contribution in [2.24, 2.45) is 5.73 Å². The maximum Gasteiger partial charge on any atom is 0.316 e. The summed E-state index contributed by atoms with van der Waals surface area (Å²) < 4.78 is 1.68. The number of amides is 3. The lowest BCUT2D eigenvalue weighted by atomic mass is 10.2. The normalized spacial score (nSPS) is 10.1. The van der Waals surface area contributed by atoms with Crippen LogP contribution in [-0.4, -0.2) is 11.9 Å². The van der Waals surface area contributed by atoms with Crippen LogP contribution in [0.25, 0.3) is 0 Å². The van der Waals surface area contributed by atoms with Gasteiger partial charge in [-0.2, -0.15) is 0 Å². The monoisotopic (exact) mass is 417 g/mol. The Bertz CT molecular complexity index is 653. The van der Waals surface area contributed by atoms with Crippen LogP contribution in [0.1, 0.15) is 9.67 Å². The summed E-state index contributed by atoms with van der Waals surface area (Å²) in [5, 5.41) is 5.20. The van der Waals surface area contributed by atoms with Gasteiger partial charge in [0.1, 0.15) is 0 Å². The van der Waals surface area contributed by atoms with Crippen LogP contribution in [0.15, 0.2) is 38.6 Å². The Balaban J connectivity index is 2.13. The number of hydrogen-bond donors (Lipinski definition) is 3.